The van der Waals surface area contributed by atoms with Crippen molar-refractivity contribution in [2.75, 3.05) is 5.32 Å². The van der Waals surface area contributed by atoms with E-state index < -0.39 is 0 Å². The highest BCUT2D eigenvalue weighted by Crippen LogP contribution is 2.24. The average Bonchev–Trinajstić information content (AvgIpc) is 3.28. The van der Waals surface area contributed by atoms with Crippen LogP contribution in [0.3, 0.4) is 0 Å². The Bertz CT molecular complexity index is 945. The van der Waals surface area contributed by atoms with Gasteiger partial charge in [-0.3, -0.25) is 0 Å². The first-order valence-electron chi connectivity index (χ1n) is 7.26. The molecule has 0 radical (unpaired) electrons. The third-order valence-corrected chi connectivity index (χ3v) is 4.24. The summed E-state index contributed by atoms with van der Waals surface area (Å²) in [7, 11) is 0. The molecule has 24 heavy (non-hydrogen) atoms. The first kappa shape index (κ1) is 14.5. The third-order valence-electron chi connectivity index (χ3n) is 3.30. The number of aryl methyl sites for hydroxylation is 1. The molecule has 0 saturated heterocycles. The van der Waals surface area contributed by atoms with Crippen molar-refractivity contribution in [2.24, 2.45) is 0 Å². The fourth-order valence-corrected chi connectivity index (χ4v) is 2.91. The molecular formula is C16H13N7S. The molecular weight excluding hydrogens is 322 g/mol. The lowest BCUT2D eigenvalue weighted by Gasteiger charge is -2.06. The summed E-state index contributed by atoms with van der Waals surface area (Å²) in [5, 5.41) is 8.19. The Morgan fingerprint density at radius 2 is 1.96 bits per heavy atom. The summed E-state index contributed by atoms with van der Waals surface area (Å²) in [6.07, 6.45) is 6.74. The molecule has 0 atom stereocenters. The van der Waals surface area contributed by atoms with E-state index in [1.165, 1.54) is 6.33 Å². The monoisotopic (exact) mass is 335 g/mol. The number of hydrogen-bond acceptors (Lipinski definition) is 7. The first-order chi connectivity index (χ1) is 11.8. The van der Waals surface area contributed by atoms with Gasteiger partial charge in [-0.25, -0.2) is 24.6 Å². The number of thiazole rings is 1. The molecule has 0 saturated carbocycles. The second kappa shape index (κ2) is 6.17. The lowest BCUT2D eigenvalue weighted by atomic mass is 10.3. The van der Waals surface area contributed by atoms with Crippen molar-refractivity contribution < 1.29 is 0 Å². The van der Waals surface area contributed by atoms with Gasteiger partial charge in [0.1, 0.15) is 23.4 Å². The maximum Gasteiger partial charge on any atom is 0.227 e. The second-order valence-corrected chi connectivity index (χ2v) is 6.29. The van der Waals surface area contributed by atoms with Gasteiger partial charge in [-0.05, 0) is 37.3 Å². The van der Waals surface area contributed by atoms with Crippen molar-refractivity contribution in [1.82, 2.24) is 29.7 Å². The van der Waals surface area contributed by atoms with E-state index in [1.54, 1.807) is 28.5 Å². The van der Waals surface area contributed by atoms with Crippen LogP contribution in [0.4, 0.5) is 11.6 Å². The Kier molecular flexibility index (Phi) is 3.72. The van der Waals surface area contributed by atoms with Gasteiger partial charge < -0.3 is 5.32 Å². The highest BCUT2D eigenvalue weighted by molar-refractivity contribution is 7.14. The Balaban J connectivity index is 1.55. The molecule has 0 aliphatic carbocycles. The molecule has 0 unspecified atom stereocenters. The largest absolute Gasteiger partial charge is 0.324 e. The number of nitrogens with zero attached hydrogens (tertiary/aromatic N) is 6. The molecule has 4 rings (SSSR count). The summed E-state index contributed by atoms with van der Waals surface area (Å²) in [5.74, 6) is 0.536. The second-order valence-electron chi connectivity index (χ2n) is 5.05. The van der Waals surface area contributed by atoms with Gasteiger partial charge in [0, 0.05) is 23.0 Å². The minimum Gasteiger partial charge on any atom is -0.324 e. The molecule has 0 bridgehead atoms. The predicted octanol–water partition coefficient (Wildman–Crippen LogP) is 3.23. The van der Waals surface area contributed by atoms with Crippen molar-refractivity contribution in [3.63, 3.8) is 0 Å². The smallest absolute Gasteiger partial charge is 0.227 e. The van der Waals surface area contributed by atoms with Crippen molar-refractivity contribution in [2.45, 2.75) is 6.92 Å². The van der Waals surface area contributed by atoms with Crippen LogP contribution in [0.5, 0.6) is 0 Å². The van der Waals surface area contributed by atoms with Crippen molar-refractivity contribution >= 4 is 23.0 Å². The van der Waals surface area contributed by atoms with Gasteiger partial charge in [0.05, 0.1) is 5.69 Å². The van der Waals surface area contributed by atoms with Crippen LogP contribution in [0.25, 0.3) is 16.4 Å². The van der Waals surface area contributed by atoms with E-state index in [1.807, 2.05) is 43.5 Å². The zero-order valence-corrected chi connectivity index (χ0v) is 13.6. The van der Waals surface area contributed by atoms with Gasteiger partial charge in [-0.15, -0.1) is 11.3 Å². The van der Waals surface area contributed by atoms with Gasteiger partial charge in [-0.2, -0.15) is 5.10 Å². The quantitative estimate of drug-likeness (QED) is 0.616. The minimum absolute atomic E-state index is 0.536. The van der Waals surface area contributed by atoms with Crippen LogP contribution in [0.15, 0.2) is 55.4 Å². The maximum absolute atomic E-state index is 4.52. The summed E-state index contributed by atoms with van der Waals surface area (Å²) in [6, 6.07) is 9.65. The lowest BCUT2D eigenvalue weighted by Crippen LogP contribution is -1.99. The van der Waals surface area contributed by atoms with Crippen LogP contribution < -0.4 is 5.32 Å². The standard InChI is InChI=1S/C16H13N7S/c1-11-8-19-15(24-11)14-6-7-18-16(22-14)21-12-2-4-13(5-3-12)23-10-17-9-20-23/h2-10H,1H3,(H,18,21,22). The summed E-state index contributed by atoms with van der Waals surface area (Å²) >= 11 is 1.61. The average molecular weight is 335 g/mol. The fraction of sp³-hybridized carbons (Fsp3) is 0.0625. The fourth-order valence-electron chi connectivity index (χ4n) is 2.18. The number of rotatable bonds is 4. The van der Waals surface area contributed by atoms with Crippen LogP contribution in [-0.2, 0) is 0 Å². The normalized spacial score (nSPS) is 10.7. The number of hydrogen-bond donors (Lipinski definition) is 1. The van der Waals surface area contributed by atoms with Crippen molar-refractivity contribution in [3.8, 4) is 16.4 Å². The molecule has 1 aromatic carbocycles. The SMILES string of the molecule is Cc1cnc(-c2ccnc(Nc3ccc(-n4cncn4)cc3)n2)s1. The first-order valence-corrected chi connectivity index (χ1v) is 8.07. The zero-order valence-electron chi connectivity index (χ0n) is 12.8. The zero-order chi connectivity index (χ0) is 16.4. The summed E-state index contributed by atoms with van der Waals surface area (Å²) in [5.41, 5.74) is 2.64. The van der Waals surface area contributed by atoms with Crippen LogP contribution in [0.1, 0.15) is 4.88 Å². The van der Waals surface area contributed by atoms with Crippen molar-refractivity contribution in [1.29, 1.82) is 0 Å². The van der Waals surface area contributed by atoms with E-state index >= 15 is 0 Å². The molecule has 0 fully saturated rings. The number of benzene rings is 1. The van der Waals surface area contributed by atoms with E-state index in [2.05, 4.69) is 30.4 Å². The number of anilines is 2. The predicted molar refractivity (Wildman–Crippen MR) is 92.5 cm³/mol. The Labute approximate surface area is 142 Å². The number of aromatic nitrogens is 6. The van der Waals surface area contributed by atoms with Crippen LogP contribution >= 0.6 is 11.3 Å². The van der Waals surface area contributed by atoms with Crippen LogP contribution in [0, 0.1) is 6.92 Å². The molecule has 4 aromatic rings. The summed E-state index contributed by atoms with van der Waals surface area (Å²) in [4.78, 5) is 18.2. The topological polar surface area (TPSA) is 81.4 Å². The van der Waals surface area contributed by atoms with E-state index in [-0.39, 0.29) is 0 Å². The van der Waals surface area contributed by atoms with Crippen molar-refractivity contribution in [3.05, 3.63) is 60.3 Å². The molecule has 8 heteroatoms. The highest BCUT2D eigenvalue weighted by atomic mass is 32.1. The molecule has 3 heterocycles. The Morgan fingerprint density at radius 1 is 1.08 bits per heavy atom. The van der Waals surface area contributed by atoms with Gasteiger partial charge in [-0.1, -0.05) is 0 Å². The Hall–Kier alpha value is -3.13. The molecule has 7 nitrogen and oxygen atoms in total. The van der Waals surface area contributed by atoms with Gasteiger partial charge in [0.2, 0.25) is 5.95 Å². The highest BCUT2D eigenvalue weighted by Gasteiger charge is 2.06. The molecule has 3 aromatic heterocycles. The summed E-state index contributed by atoms with van der Waals surface area (Å²) < 4.78 is 1.70. The molecule has 0 aliphatic rings. The van der Waals surface area contributed by atoms with Crippen LogP contribution in [-0.4, -0.2) is 29.7 Å². The Morgan fingerprint density at radius 3 is 2.67 bits per heavy atom. The van der Waals surface area contributed by atoms with E-state index in [9.17, 15) is 0 Å². The summed E-state index contributed by atoms with van der Waals surface area (Å²) in [6.45, 7) is 2.03. The van der Waals surface area contributed by atoms with Crippen LogP contribution in [0.2, 0.25) is 0 Å². The maximum atomic E-state index is 4.52. The minimum atomic E-state index is 0.536. The molecule has 0 aliphatic heterocycles. The van der Waals surface area contributed by atoms with E-state index in [0.29, 0.717) is 5.95 Å². The van der Waals surface area contributed by atoms with E-state index in [0.717, 1.165) is 27.0 Å². The molecule has 118 valence electrons. The third kappa shape index (κ3) is 2.99. The molecule has 1 N–H and O–H groups in total. The molecule has 0 amide bonds. The molecule has 0 spiro atoms. The van der Waals surface area contributed by atoms with Gasteiger partial charge in [0.15, 0.2) is 0 Å². The lowest BCUT2D eigenvalue weighted by molar-refractivity contribution is 0.879. The number of nitrogens with one attached hydrogen (secondary N) is 1. The van der Waals surface area contributed by atoms with E-state index in [4.69, 9.17) is 0 Å². The van der Waals surface area contributed by atoms with Gasteiger partial charge in [0.25, 0.3) is 0 Å². The van der Waals surface area contributed by atoms with Gasteiger partial charge >= 0.3 is 0 Å².